The number of carbonyl (C=O) groups is 1. The molecule has 6 heteroatoms. The minimum absolute atomic E-state index is 0.00393. The molecule has 3 aromatic carbocycles. The fourth-order valence-electron chi connectivity index (χ4n) is 3.79. The lowest BCUT2D eigenvalue weighted by Crippen LogP contribution is -2.26. The van der Waals surface area contributed by atoms with Gasteiger partial charge in [0.2, 0.25) is 0 Å². The van der Waals surface area contributed by atoms with E-state index in [1.807, 2.05) is 24.3 Å². The molecule has 0 atom stereocenters. The predicted molar refractivity (Wildman–Crippen MR) is 118 cm³/mol. The molecule has 3 nitrogen and oxygen atoms in total. The molecular weight excluding hydrogens is 420 g/mol. The standard InChI is InChI=1S/C25H20ClF2NO2/c26-23-22(27)13-12-16(24(23)28)7-5-6-14-29-25(30)31-15-21-19-10-3-1-8-17(19)18-9-2-4-11-20(18)21/h1-5,7-13,21H,6,14-15H2,(H,29,30). The average Bonchev–Trinajstić information content (AvgIpc) is 3.11. The largest absolute Gasteiger partial charge is 0.449 e. The maximum atomic E-state index is 13.8. The topological polar surface area (TPSA) is 38.3 Å². The van der Waals surface area contributed by atoms with Gasteiger partial charge in [-0.3, -0.25) is 0 Å². The third kappa shape index (κ3) is 4.47. The van der Waals surface area contributed by atoms with Gasteiger partial charge in [-0.05, 0) is 40.8 Å². The molecule has 1 aliphatic carbocycles. The van der Waals surface area contributed by atoms with Gasteiger partial charge in [0.15, 0.2) is 5.82 Å². The summed E-state index contributed by atoms with van der Waals surface area (Å²) in [5.41, 5.74) is 4.84. The Morgan fingerprint density at radius 1 is 1.00 bits per heavy atom. The summed E-state index contributed by atoms with van der Waals surface area (Å²) in [6.07, 6.45) is 3.13. The molecule has 0 radical (unpaired) electrons. The van der Waals surface area contributed by atoms with Gasteiger partial charge in [-0.2, -0.15) is 0 Å². The van der Waals surface area contributed by atoms with E-state index in [2.05, 4.69) is 29.6 Å². The van der Waals surface area contributed by atoms with Gasteiger partial charge in [0, 0.05) is 18.0 Å². The van der Waals surface area contributed by atoms with Crippen molar-refractivity contribution in [2.24, 2.45) is 0 Å². The Labute approximate surface area is 184 Å². The molecule has 0 spiro atoms. The monoisotopic (exact) mass is 439 g/mol. The van der Waals surface area contributed by atoms with E-state index < -0.39 is 22.8 Å². The van der Waals surface area contributed by atoms with Crippen molar-refractivity contribution < 1.29 is 18.3 Å². The molecule has 0 aromatic heterocycles. The molecular formula is C25H20ClF2NO2. The lowest BCUT2D eigenvalue weighted by Gasteiger charge is -2.14. The van der Waals surface area contributed by atoms with Crippen molar-refractivity contribution in [1.29, 1.82) is 0 Å². The summed E-state index contributed by atoms with van der Waals surface area (Å²) in [5.74, 6) is -1.60. The van der Waals surface area contributed by atoms with Crippen molar-refractivity contribution in [3.8, 4) is 11.1 Å². The highest BCUT2D eigenvalue weighted by atomic mass is 35.5. The van der Waals surface area contributed by atoms with Crippen molar-refractivity contribution in [3.63, 3.8) is 0 Å². The number of fused-ring (bicyclic) bond motifs is 3. The van der Waals surface area contributed by atoms with Crippen molar-refractivity contribution in [3.05, 3.63) is 100 Å². The van der Waals surface area contributed by atoms with Crippen molar-refractivity contribution in [2.45, 2.75) is 12.3 Å². The first-order valence-corrected chi connectivity index (χ1v) is 10.3. The zero-order chi connectivity index (χ0) is 21.8. The van der Waals surface area contributed by atoms with Crippen molar-refractivity contribution >= 4 is 23.8 Å². The third-order valence-corrected chi connectivity index (χ3v) is 5.63. The lowest BCUT2D eigenvalue weighted by atomic mass is 9.98. The van der Waals surface area contributed by atoms with Crippen LogP contribution in [0.4, 0.5) is 13.6 Å². The number of carbonyl (C=O) groups excluding carboxylic acids is 1. The van der Waals surface area contributed by atoms with Crippen molar-refractivity contribution in [1.82, 2.24) is 5.32 Å². The Hall–Kier alpha value is -3.18. The number of alkyl carbamates (subject to hydrolysis) is 1. The van der Waals surface area contributed by atoms with E-state index in [0.29, 0.717) is 13.0 Å². The highest BCUT2D eigenvalue weighted by Gasteiger charge is 2.28. The van der Waals surface area contributed by atoms with E-state index in [-0.39, 0.29) is 18.1 Å². The number of benzene rings is 3. The van der Waals surface area contributed by atoms with Crippen LogP contribution in [-0.4, -0.2) is 19.2 Å². The Morgan fingerprint density at radius 3 is 2.32 bits per heavy atom. The zero-order valence-corrected chi connectivity index (χ0v) is 17.3. The van der Waals surface area contributed by atoms with Gasteiger partial charge in [-0.1, -0.05) is 72.3 Å². The first kappa shape index (κ1) is 21.1. The van der Waals surface area contributed by atoms with E-state index in [1.54, 1.807) is 6.08 Å². The summed E-state index contributed by atoms with van der Waals surface area (Å²) >= 11 is 5.56. The highest BCUT2D eigenvalue weighted by Crippen LogP contribution is 2.44. The molecule has 1 N–H and O–H groups in total. The van der Waals surface area contributed by atoms with Crippen LogP contribution >= 0.6 is 11.6 Å². The van der Waals surface area contributed by atoms with Gasteiger partial charge in [0.1, 0.15) is 17.4 Å². The lowest BCUT2D eigenvalue weighted by molar-refractivity contribution is 0.143. The van der Waals surface area contributed by atoms with Crippen LogP contribution in [0.1, 0.15) is 29.0 Å². The van der Waals surface area contributed by atoms with Gasteiger partial charge < -0.3 is 10.1 Å². The second kappa shape index (κ2) is 9.31. The van der Waals surface area contributed by atoms with Crippen LogP contribution in [-0.2, 0) is 4.74 Å². The Morgan fingerprint density at radius 2 is 1.65 bits per heavy atom. The van der Waals surface area contributed by atoms with E-state index >= 15 is 0 Å². The van der Waals surface area contributed by atoms with Gasteiger partial charge in [-0.15, -0.1) is 0 Å². The number of rotatable bonds is 6. The molecule has 158 valence electrons. The van der Waals surface area contributed by atoms with Gasteiger partial charge in [0.05, 0.1) is 0 Å². The summed E-state index contributed by atoms with van der Waals surface area (Å²) in [7, 11) is 0. The minimum Gasteiger partial charge on any atom is -0.449 e. The van der Waals surface area contributed by atoms with Crippen LogP contribution in [0.25, 0.3) is 17.2 Å². The van der Waals surface area contributed by atoms with Crippen LogP contribution in [0.2, 0.25) is 5.02 Å². The van der Waals surface area contributed by atoms with Crippen LogP contribution in [0, 0.1) is 11.6 Å². The first-order valence-electron chi connectivity index (χ1n) is 9.95. The third-order valence-electron chi connectivity index (χ3n) is 5.29. The molecule has 3 aromatic rings. The minimum atomic E-state index is -0.803. The molecule has 0 unspecified atom stereocenters. The average molecular weight is 440 g/mol. The van der Waals surface area contributed by atoms with Gasteiger partial charge >= 0.3 is 6.09 Å². The number of ether oxygens (including phenoxy) is 1. The summed E-state index contributed by atoms with van der Waals surface area (Å²) in [6.45, 7) is 0.568. The predicted octanol–water partition coefficient (Wildman–Crippen LogP) is 6.56. The zero-order valence-electron chi connectivity index (χ0n) is 16.6. The van der Waals surface area contributed by atoms with Crippen LogP contribution in [0.3, 0.4) is 0 Å². The molecule has 0 saturated carbocycles. The molecule has 1 aliphatic rings. The van der Waals surface area contributed by atoms with E-state index in [9.17, 15) is 13.6 Å². The number of amides is 1. The second-order valence-electron chi connectivity index (χ2n) is 7.21. The Kier molecular flexibility index (Phi) is 6.33. The van der Waals surface area contributed by atoms with E-state index in [4.69, 9.17) is 16.3 Å². The van der Waals surface area contributed by atoms with Gasteiger partial charge in [0.25, 0.3) is 0 Å². The molecule has 0 bridgehead atoms. The SMILES string of the molecule is O=C(NCCC=Cc1ccc(F)c(Cl)c1F)OCC1c2ccccc2-c2ccccc21. The fourth-order valence-corrected chi connectivity index (χ4v) is 3.96. The summed E-state index contributed by atoms with van der Waals surface area (Å²) in [5, 5.41) is 2.15. The molecule has 0 saturated heterocycles. The second-order valence-corrected chi connectivity index (χ2v) is 7.59. The Bertz CT molecular complexity index is 1100. The van der Waals surface area contributed by atoms with E-state index in [1.165, 1.54) is 23.3 Å². The maximum absolute atomic E-state index is 13.8. The quantitative estimate of drug-likeness (QED) is 0.349. The number of hydrogen-bond donors (Lipinski definition) is 1. The molecule has 0 fully saturated rings. The summed E-state index contributed by atoms with van der Waals surface area (Å²) < 4.78 is 32.5. The van der Waals surface area contributed by atoms with Crippen LogP contribution in [0.15, 0.2) is 66.7 Å². The first-order chi connectivity index (χ1) is 15.1. The number of hydrogen-bond acceptors (Lipinski definition) is 2. The number of halogens is 3. The Balaban J connectivity index is 1.28. The summed E-state index contributed by atoms with van der Waals surface area (Å²) in [6, 6.07) is 18.7. The molecule has 4 rings (SSSR count). The molecule has 0 aliphatic heterocycles. The maximum Gasteiger partial charge on any atom is 0.407 e. The fraction of sp³-hybridized carbons (Fsp3) is 0.160. The molecule has 0 heterocycles. The van der Waals surface area contributed by atoms with Gasteiger partial charge in [-0.25, -0.2) is 13.6 Å². The normalized spacial score (nSPS) is 12.6. The number of nitrogens with one attached hydrogen (secondary N) is 1. The molecule has 1 amide bonds. The van der Waals surface area contributed by atoms with Crippen molar-refractivity contribution in [2.75, 3.05) is 13.2 Å². The smallest absolute Gasteiger partial charge is 0.407 e. The van der Waals surface area contributed by atoms with Crippen LogP contribution in [0.5, 0.6) is 0 Å². The summed E-state index contributed by atoms with van der Waals surface area (Å²) in [4.78, 5) is 12.1. The van der Waals surface area contributed by atoms with E-state index in [0.717, 1.165) is 17.2 Å². The molecule has 31 heavy (non-hydrogen) atoms. The highest BCUT2D eigenvalue weighted by molar-refractivity contribution is 6.31. The van der Waals surface area contributed by atoms with Crippen LogP contribution < -0.4 is 5.32 Å².